The lowest BCUT2D eigenvalue weighted by Gasteiger charge is -2.03. The molecule has 74 valence electrons. The van der Waals surface area contributed by atoms with E-state index in [9.17, 15) is 4.79 Å². The molecule has 0 fully saturated rings. The number of carbonyl (C=O) groups excluding carboxylic acids is 1. The van der Waals surface area contributed by atoms with Gasteiger partial charge < -0.3 is 5.32 Å². The first-order chi connectivity index (χ1) is 6.74. The van der Waals surface area contributed by atoms with Gasteiger partial charge in [-0.25, -0.2) is 0 Å². The van der Waals surface area contributed by atoms with Gasteiger partial charge in [-0.15, -0.1) is 0 Å². The van der Waals surface area contributed by atoms with E-state index < -0.39 is 0 Å². The van der Waals surface area contributed by atoms with Crippen molar-refractivity contribution in [1.82, 2.24) is 5.32 Å². The van der Waals surface area contributed by atoms with Gasteiger partial charge in [-0.3, -0.25) is 4.79 Å². The number of benzene rings is 1. The fourth-order valence-electron chi connectivity index (χ4n) is 1.13. The molecule has 0 aliphatic heterocycles. The molecule has 2 heteroatoms. The molecule has 0 heterocycles. The Morgan fingerprint density at radius 2 is 2.00 bits per heavy atom. The van der Waals surface area contributed by atoms with Crippen molar-refractivity contribution in [3.8, 4) is 0 Å². The van der Waals surface area contributed by atoms with E-state index >= 15 is 0 Å². The Balaban J connectivity index is 2.60. The van der Waals surface area contributed by atoms with Gasteiger partial charge in [0.1, 0.15) is 0 Å². The quantitative estimate of drug-likeness (QED) is 0.775. The number of hydrogen-bond acceptors (Lipinski definition) is 1. The summed E-state index contributed by atoms with van der Waals surface area (Å²) >= 11 is 0. The van der Waals surface area contributed by atoms with Crippen LogP contribution in [0.3, 0.4) is 0 Å². The summed E-state index contributed by atoms with van der Waals surface area (Å²) in [5.41, 5.74) is 1.11. The maximum Gasteiger partial charge on any atom is 0.226 e. The highest BCUT2D eigenvalue weighted by Crippen LogP contribution is 2.05. The largest absolute Gasteiger partial charge is 0.359 e. The smallest absolute Gasteiger partial charge is 0.226 e. The first kappa shape index (κ1) is 10.5. The summed E-state index contributed by atoms with van der Waals surface area (Å²) in [6, 6.07) is 9.94. The van der Waals surface area contributed by atoms with Crippen molar-refractivity contribution in [2.45, 2.75) is 6.92 Å². The van der Waals surface area contributed by atoms with Gasteiger partial charge in [0.2, 0.25) is 5.91 Å². The SMILES string of the molecule is CNC(=O)C(C)/C=C/c1ccccc1. The highest BCUT2D eigenvalue weighted by Gasteiger charge is 2.05. The van der Waals surface area contributed by atoms with Crippen molar-refractivity contribution in [1.29, 1.82) is 0 Å². The summed E-state index contributed by atoms with van der Waals surface area (Å²) in [7, 11) is 1.65. The van der Waals surface area contributed by atoms with Gasteiger partial charge >= 0.3 is 0 Å². The zero-order valence-corrected chi connectivity index (χ0v) is 8.53. The van der Waals surface area contributed by atoms with E-state index in [2.05, 4.69) is 5.32 Å². The number of rotatable bonds is 3. The average molecular weight is 189 g/mol. The average Bonchev–Trinajstić information content (AvgIpc) is 2.26. The Labute approximate surface area is 84.6 Å². The van der Waals surface area contributed by atoms with Crippen molar-refractivity contribution in [2.75, 3.05) is 7.05 Å². The van der Waals surface area contributed by atoms with Gasteiger partial charge in [-0.05, 0) is 5.56 Å². The second-order valence-electron chi connectivity index (χ2n) is 3.17. The molecule has 0 aliphatic rings. The van der Waals surface area contributed by atoms with E-state index in [1.54, 1.807) is 7.05 Å². The van der Waals surface area contributed by atoms with E-state index in [0.717, 1.165) is 5.56 Å². The van der Waals surface area contributed by atoms with E-state index in [-0.39, 0.29) is 11.8 Å². The molecular weight excluding hydrogens is 174 g/mol. The van der Waals surface area contributed by atoms with E-state index in [1.165, 1.54) is 0 Å². The Kier molecular flexibility index (Phi) is 3.92. The van der Waals surface area contributed by atoms with Crippen LogP contribution in [0.25, 0.3) is 6.08 Å². The van der Waals surface area contributed by atoms with Crippen molar-refractivity contribution in [3.05, 3.63) is 42.0 Å². The van der Waals surface area contributed by atoms with E-state index in [0.29, 0.717) is 0 Å². The van der Waals surface area contributed by atoms with Crippen LogP contribution in [0.5, 0.6) is 0 Å². The summed E-state index contributed by atoms with van der Waals surface area (Å²) in [6.07, 6.45) is 3.86. The summed E-state index contributed by atoms with van der Waals surface area (Å²) in [5, 5.41) is 2.61. The zero-order valence-electron chi connectivity index (χ0n) is 8.53. The van der Waals surface area contributed by atoms with Crippen LogP contribution in [0, 0.1) is 5.92 Å². The van der Waals surface area contributed by atoms with Gasteiger partial charge in [-0.1, -0.05) is 49.4 Å². The molecule has 0 spiro atoms. The predicted molar refractivity (Wildman–Crippen MR) is 58.7 cm³/mol. The Morgan fingerprint density at radius 3 is 2.57 bits per heavy atom. The standard InChI is InChI=1S/C12H15NO/c1-10(12(14)13-2)8-9-11-6-4-3-5-7-11/h3-10H,1-2H3,(H,13,14)/b9-8+. The van der Waals surface area contributed by atoms with Crippen LogP contribution in [0.15, 0.2) is 36.4 Å². The molecule has 2 nitrogen and oxygen atoms in total. The Hall–Kier alpha value is -1.57. The third-order valence-electron chi connectivity index (χ3n) is 2.04. The molecule has 1 atom stereocenters. The predicted octanol–water partition coefficient (Wildman–Crippen LogP) is 2.08. The summed E-state index contributed by atoms with van der Waals surface area (Å²) in [6.45, 7) is 1.87. The van der Waals surface area contributed by atoms with Crippen LogP contribution in [0.1, 0.15) is 12.5 Å². The Morgan fingerprint density at radius 1 is 1.36 bits per heavy atom. The van der Waals surface area contributed by atoms with Crippen LogP contribution >= 0.6 is 0 Å². The first-order valence-electron chi connectivity index (χ1n) is 4.69. The highest BCUT2D eigenvalue weighted by molar-refractivity contribution is 5.80. The lowest BCUT2D eigenvalue weighted by atomic mass is 10.1. The monoisotopic (exact) mass is 189 g/mol. The summed E-state index contributed by atoms with van der Waals surface area (Å²) in [4.78, 5) is 11.2. The molecule has 1 rings (SSSR count). The van der Waals surface area contributed by atoms with E-state index in [4.69, 9.17) is 0 Å². The fraction of sp³-hybridized carbons (Fsp3) is 0.250. The lowest BCUT2D eigenvalue weighted by Crippen LogP contribution is -2.23. The third-order valence-corrected chi connectivity index (χ3v) is 2.04. The van der Waals surface area contributed by atoms with Crippen LogP contribution in [-0.4, -0.2) is 13.0 Å². The second-order valence-corrected chi connectivity index (χ2v) is 3.17. The maximum absolute atomic E-state index is 11.2. The van der Waals surface area contributed by atoms with Crippen molar-refractivity contribution in [3.63, 3.8) is 0 Å². The topological polar surface area (TPSA) is 29.1 Å². The maximum atomic E-state index is 11.2. The molecule has 0 aliphatic carbocycles. The van der Waals surface area contributed by atoms with Crippen LogP contribution < -0.4 is 5.32 Å². The summed E-state index contributed by atoms with van der Waals surface area (Å²) in [5.74, 6) is -0.0441. The molecule has 1 N–H and O–H groups in total. The molecular formula is C12H15NO. The molecule has 1 aromatic carbocycles. The van der Waals surface area contributed by atoms with Gasteiger partial charge in [0.15, 0.2) is 0 Å². The molecule has 14 heavy (non-hydrogen) atoms. The van der Waals surface area contributed by atoms with Gasteiger partial charge in [-0.2, -0.15) is 0 Å². The van der Waals surface area contributed by atoms with E-state index in [1.807, 2.05) is 49.4 Å². The first-order valence-corrected chi connectivity index (χ1v) is 4.69. The zero-order chi connectivity index (χ0) is 10.4. The number of hydrogen-bond donors (Lipinski definition) is 1. The minimum Gasteiger partial charge on any atom is -0.359 e. The molecule has 1 aromatic rings. The van der Waals surface area contributed by atoms with Gasteiger partial charge in [0, 0.05) is 7.05 Å². The summed E-state index contributed by atoms with van der Waals surface area (Å²) < 4.78 is 0. The second kappa shape index (κ2) is 5.22. The van der Waals surface area contributed by atoms with Crippen molar-refractivity contribution < 1.29 is 4.79 Å². The molecule has 0 aromatic heterocycles. The van der Waals surface area contributed by atoms with Gasteiger partial charge in [0.05, 0.1) is 5.92 Å². The molecule has 0 saturated heterocycles. The molecule has 0 radical (unpaired) electrons. The van der Waals surface area contributed by atoms with Crippen molar-refractivity contribution >= 4 is 12.0 Å². The molecule has 0 bridgehead atoms. The molecule has 1 amide bonds. The minimum atomic E-state index is -0.0831. The van der Waals surface area contributed by atoms with Crippen LogP contribution in [0.4, 0.5) is 0 Å². The molecule has 0 saturated carbocycles. The number of carbonyl (C=O) groups is 1. The van der Waals surface area contributed by atoms with Crippen LogP contribution in [0.2, 0.25) is 0 Å². The van der Waals surface area contributed by atoms with Crippen molar-refractivity contribution in [2.24, 2.45) is 5.92 Å². The molecule has 1 unspecified atom stereocenters. The lowest BCUT2D eigenvalue weighted by molar-refractivity contribution is -0.122. The minimum absolute atomic E-state index is 0.0391. The third kappa shape index (κ3) is 3.05. The highest BCUT2D eigenvalue weighted by atomic mass is 16.1. The normalized spacial score (nSPS) is 12.7. The fourth-order valence-corrected chi connectivity index (χ4v) is 1.13. The Bertz CT molecular complexity index is 316. The van der Waals surface area contributed by atoms with Crippen LogP contribution in [-0.2, 0) is 4.79 Å². The van der Waals surface area contributed by atoms with Gasteiger partial charge in [0.25, 0.3) is 0 Å². The number of nitrogens with one attached hydrogen (secondary N) is 1. The number of amides is 1.